The zero-order chi connectivity index (χ0) is 14.5. The molecule has 0 atom stereocenters. The van der Waals surface area contributed by atoms with Crippen molar-refractivity contribution in [3.63, 3.8) is 0 Å². The lowest BCUT2D eigenvalue weighted by molar-refractivity contribution is -0.137. The number of nitrogens with zero attached hydrogens (tertiary/aromatic N) is 3. The van der Waals surface area contributed by atoms with Gasteiger partial charge in [0.25, 0.3) is 0 Å². The lowest BCUT2D eigenvalue weighted by atomic mass is 9.92. The summed E-state index contributed by atoms with van der Waals surface area (Å²) in [6, 6.07) is 1.85. The number of piperidine rings is 1. The van der Waals surface area contributed by atoms with E-state index in [0.29, 0.717) is 17.6 Å². The molecule has 1 N–H and O–H groups in total. The van der Waals surface area contributed by atoms with E-state index in [-0.39, 0.29) is 6.42 Å². The number of carboxylic acids is 1. The van der Waals surface area contributed by atoms with Crippen molar-refractivity contribution >= 4 is 11.8 Å². The van der Waals surface area contributed by atoms with Gasteiger partial charge in [-0.3, -0.25) is 4.79 Å². The summed E-state index contributed by atoms with van der Waals surface area (Å²) >= 11 is 0. The van der Waals surface area contributed by atoms with Gasteiger partial charge in [0.05, 0.1) is 7.11 Å². The number of methoxy groups -OCH3 is 1. The Morgan fingerprint density at radius 2 is 2.15 bits per heavy atom. The summed E-state index contributed by atoms with van der Waals surface area (Å²) in [4.78, 5) is 21.4. The molecule has 6 heteroatoms. The summed E-state index contributed by atoms with van der Waals surface area (Å²) in [5.74, 6) is 1.98. The van der Waals surface area contributed by atoms with E-state index in [1.807, 2.05) is 13.0 Å². The third-order valence-electron chi connectivity index (χ3n) is 3.72. The van der Waals surface area contributed by atoms with Gasteiger partial charge < -0.3 is 14.7 Å². The molecule has 0 amide bonds. The van der Waals surface area contributed by atoms with Crippen LogP contribution < -0.4 is 9.64 Å². The number of anilines is 1. The Labute approximate surface area is 118 Å². The summed E-state index contributed by atoms with van der Waals surface area (Å²) in [5.41, 5.74) is 0. The fourth-order valence-electron chi connectivity index (χ4n) is 2.57. The van der Waals surface area contributed by atoms with Crippen molar-refractivity contribution in [2.24, 2.45) is 5.92 Å². The van der Waals surface area contributed by atoms with Crippen LogP contribution in [-0.2, 0) is 4.79 Å². The van der Waals surface area contributed by atoms with Gasteiger partial charge >= 0.3 is 5.97 Å². The number of rotatable bonds is 5. The minimum Gasteiger partial charge on any atom is -0.481 e. The average Bonchev–Trinajstić information content (AvgIpc) is 2.45. The van der Waals surface area contributed by atoms with Crippen LogP contribution in [0.15, 0.2) is 6.07 Å². The van der Waals surface area contributed by atoms with Crippen LogP contribution in [0.5, 0.6) is 5.88 Å². The monoisotopic (exact) mass is 279 g/mol. The van der Waals surface area contributed by atoms with E-state index in [4.69, 9.17) is 9.84 Å². The second kappa shape index (κ2) is 6.54. The zero-order valence-corrected chi connectivity index (χ0v) is 12.0. The smallest absolute Gasteiger partial charge is 0.303 e. The molecule has 0 saturated carbocycles. The van der Waals surface area contributed by atoms with Gasteiger partial charge in [-0.15, -0.1) is 0 Å². The molecule has 2 rings (SSSR count). The van der Waals surface area contributed by atoms with Crippen molar-refractivity contribution < 1.29 is 14.6 Å². The van der Waals surface area contributed by atoms with Gasteiger partial charge in [-0.05, 0) is 32.1 Å². The molecule has 0 aliphatic carbocycles. The molecule has 0 bridgehead atoms. The summed E-state index contributed by atoms with van der Waals surface area (Å²) < 4.78 is 5.17. The highest BCUT2D eigenvalue weighted by atomic mass is 16.5. The van der Waals surface area contributed by atoms with E-state index in [9.17, 15) is 4.79 Å². The second-order valence-electron chi connectivity index (χ2n) is 5.18. The third kappa shape index (κ3) is 3.82. The fraction of sp³-hybridized carbons (Fsp3) is 0.643. The summed E-state index contributed by atoms with van der Waals surface area (Å²) in [6.45, 7) is 3.67. The molecule has 1 aliphatic heterocycles. The van der Waals surface area contributed by atoms with Gasteiger partial charge in [0.15, 0.2) is 0 Å². The van der Waals surface area contributed by atoms with E-state index in [1.54, 1.807) is 7.11 Å². The van der Waals surface area contributed by atoms with Crippen LogP contribution in [0, 0.1) is 12.8 Å². The largest absolute Gasteiger partial charge is 0.481 e. The maximum absolute atomic E-state index is 10.6. The van der Waals surface area contributed by atoms with Crippen LogP contribution in [0.3, 0.4) is 0 Å². The zero-order valence-electron chi connectivity index (χ0n) is 12.0. The van der Waals surface area contributed by atoms with Crippen molar-refractivity contribution in [1.29, 1.82) is 0 Å². The quantitative estimate of drug-likeness (QED) is 0.887. The van der Waals surface area contributed by atoms with Crippen LogP contribution in [0.1, 0.15) is 31.5 Å². The number of hydrogen-bond donors (Lipinski definition) is 1. The van der Waals surface area contributed by atoms with Crippen LogP contribution in [0.4, 0.5) is 5.82 Å². The molecule has 1 aliphatic rings. The maximum Gasteiger partial charge on any atom is 0.303 e. The Kier molecular flexibility index (Phi) is 4.76. The van der Waals surface area contributed by atoms with Crippen molar-refractivity contribution in [3.05, 3.63) is 11.9 Å². The van der Waals surface area contributed by atoms with Gasteiger partial charge in [0.2, 0.25) is 5.88 Å². The number of aromatic nitrogens is 2. The molecule has 0 unspecified atom stereocenters. The Bertz CT molecular complexity index is 471. The summed E-state index contributed by atoms with van der Waals surface area (Å²) in [6.07, 6.45) is 3.07. The van der Waals surface area contributed by atoms with E-state index >= 15 is 0 Å². The van der Waals surface area contributed by atoms with Crippen molar-refractivity contribution in [1.82, 2.24) is 9.97 Å². The molecule has 1 saturated heterocycles. The van der Waals surface area contributed by atoms with E-state index in [0.717, 1.165) is 38.2 Å². The van der Waals surface area contributed by atoms with Gasteiger partial charge in [0, 0.05) is 25.6 Å². The molecule has 6 nitrogen and oxygen atoms in total. The first-order chi connectivity index (χ1) is 9.58. The van der Waals surface area contributed by atoms with Crippen LogP contribution >= 0.6 is 0 Å². The molecule has 2 heterocycles. The Hall–Kier alpha value is -1.85. The molecule has 110 valence electrons. The Morgan fingerprint density at radius 1 is 1.45 bits per heavy atom. The lowest BCUT2D eigenvalue weighted by Gasteiger charge is -2.32. The average molecular weight is 279 g/mol. The first-order valence-electron chi connectivity index (χ1n) is 6.95. The first-order valence-corrected chi connectivity index (χ1v) is 6.95. The molecular weight excluding hydrogens is 258 g/mol. The number of ether oxygens (including phenoxy) is 1. The number of aryl methyl sites for hydroxylation is 1. The van der Waals surface area contributed by atoms with Gasteiger partial charge in [-0.1, -0.05) is 0 Å². The van der Waals surface area contributed by atoms with Crippen molar-refractivity contribution in [3.8, 4) is 5.88 Å². The van der Waals surface area contributed by atoms with Crippen LogP contribution in [-0.4, -0.2) is 41.2 Å². The van der Waals surface area contributed by atoms with E-state index in [2.05, 4.69) is 14.9 Å². The minimum absolute atomic E-state index is 0.269. The van der Waals surface area contributed by atoms with Gasteiger partial charge in [-0.2, -0.15) is 4.98 Å². The number of carboxylic acid groups (broad SMARTS) is 1. The highest BCUT2D eigenvalue weighted by Gasteiger charge is 2.21. The van der Waals surface area contributed by atoms with Crippen LogP contribution in [0.25, 0.3) is 0 Å². The summed E-state index contributed by atoms with van der Waals surface area (Å²) in [7, 11) is 1.60. The molecule has 1 aromatic rings. The third-order valence-corrected chi connectivity index (χ3v) is 3.72. The minimum atomic E-state index is -0.705. The van der Waals surface area contributed by atoms with Crippen molar-refractivity contribution in [2.45, 2.75) is 32.6 Å². The standard InChI is InChI=1S/C14H21N3O3/c1-10-15-12(9-13(16-10)20-2)17-7-5-11(6-8-17)3-4-14(18)19/h9,11H,3-8H2,1-2H3,(H,18,19). The molecule has 0 radical (unpaired) electrons. The highest BCUT2D eigenvalue weighted by Crippen LogP contribution is 2.26. The molecular formula is C14H21N3O3. The number of aliphatic carboxylic acids is 1. The topological polar surface area (TPSA) is 75.5 Å². The maximum atomic E-state index is 10.6. The SMILES string of the molecule is COc1cc(N2CCC(CCC(=O)O)CC2)nc(C)n1. The van der Waals surface area contributed by atoms with Gasteiger partial charge in [0.1, 0.15) is 11.6 Å². The first kappa shape index (κ1) is 14.6. The van der Waals surface area contributed by atoms with Crippen LogP contribution in [0.2, 0.25) is 0 Å². The Morgan fingerprint density at radius 3 is 2.75 bits per heavy atom. The highest BCUT2D eigenvalue weighted by molar-refractivity contribution is 5.66. The van der Waals surface area contributed by atoms with E-state index in [1.165, 1.54) is 0 Å². The molecule has 1 aromatic heterocycles. The Balaban J connectivity index is 1.93. The molecule has 1 fully saturated rings. The fourth-order valence-corrected chi connectivity index (χ4v) is 2.57. The van der Waals surface area contributed by atoms with Crippen molar-refractivity contribution in [2.75, 3.05) is 25.1 Å². The summed E-state index contributed by atoms with van der Waals surface area (Å²) in [5, 5.41) is 8.72. The van der Waals surface area contributed by atoms with E-state index < -0.39 is 5.97 Å². The molecule has 0 spiro atoms. The predicted molar refractivity (Wildman–Crippen MR) is 75.1 cm³/mol. The number of hydrogen-bond acceptors (Lipinski definition) is 5. The predicted octanol–water partition coefficient (Wildman–Crippen LogP) is 1.87. The molecule has 20 heavy (non-hydrogen) atoms. The molecule has 0 aromatic carbocycles. The van der Waals surface area contributed by atoms with Gasteiger partial charge in [-0.25, -0.2) is 4.98 Å². The normalized spacial score (nSPS) is 16.2. The number of carbonyl (C=O) groups is 1. The second-order valence-corrected chi connectivity index (χ2v) is 5.18. The lowest BCUT2D eigenvalue weighted by Crippen LogP contribution is -2.34.